The Morgan fingerprint density at radius 2 is 1.74 bits per heavy atom. The molecular weight excluding hydrogens is 334 g/mol. The monoisotopic (exact) mass is 363 g/mol. The van der Waals surface area contributed by atoms with Gasteiger partial charge in [0.2, 0.25) is 0 Å². The highest BCUT2D eigenvalue weighted by atomic mass is 16.3. The molecule has 0 saturated carbocycles. The van der Waals surface area contributed by atoms with Gasteiger partial charge in [-0.05, 0) is 37.1 Å². The van der Waals surface area contributed by atoms with E-state index in [0.29, 0.717) is 5.69 Å². The van der Waals surface area contributed by atoms with E-state index < -0.39 is 0 Å². The van der Waals surface area contributed by atoms with E-state index in [1.54, 1.807) is 0 Å². The number of unbranched alkanes of at least 4 members (excludes halogenated alkanes) is 4. The van der Waals surface area contributed by atoms with Crippen LogP contribution in [0.5, 0.6) is 5.75 Å². The fourth-order valence-electron chi connectivity index (χ4n) is 3.56. The second kappa shape index (κ2) is 8.85. The molecule has 0 saturated heterocycles. The average Bonchev–Trinajstić information content (AvgIpc) is 3.10. The minimum absolute atomic E-state index is 0.134. The molecule has 0 aliphatic heterocycles. The van der Waals surface area contributed by atoms with E-state index in [1.165, 1.54) is 30.5 Å². The van der Waals surface area contributed by atoms with E-state index in [4.69, 9.17) is 0 Å². The Kier molecular flexibility index (Phi) is 6.28. The summed E-state index contributed by atoms with van der Waals surface area (Å²) in [5.74, 6) is 0.384. The summed E-state index contributed by atoms with van der Waals surface area (Å²) >= 11 is 0. The average molecular weight is 364 g/mol. The first-order valence-electron chi connectivity index (χ1n) is 9.92. The second-order valence-corrected chi connectivity index (χ2v) is 7.25. The number of aromatic nitrogens is 3. The molecule has 0 aliphatic carbocycles. The van der Waals surface area contributed by atoms with Crippen molar-refractivity contribution in [2.24, 2.45) is 0 Å². The predicted octanol–water partition coefficient (Wildman–Crippen LogP) is 6.06. The van der Waals surface area contributed by atoms with E-state index in [0.717, 1.165) is 35.0 Å². The number of rotatable bonds is 9. The maximum atomic E-state index is 11.0. The lowest BCUT2D eigenvalue weighted by Crippen LogP contribution is -2.04. The van der Waals surface area contributed by atoms with Crippen LogP contribution in [-0.2, 0) is 0 Å². The molecule has 4 nitrogen and oxygen atoms in total. The molecule has 1 atom stereocenters. The van der Waals surface area contributed by atoms with E-state index in [2.05, 4.69) is 29.8 Å². The van der Waals surface area contributed by atoms with Crippen molar-refractivity contribution in [2.75, 3.05) is 0 Å². The van der Waals surface area contributed by atoms with Crippen LogP contribution < -0.4 is 0 Å². The number of hydrogen-bond acceptors (Lipinski definition) is 3. The van der Waals surface area contributed by atoms with Crippen molar-refractivity contribution < 1.29 is 5.11 Å². The predicted molar refractivity (Wildman–Crippen MR) is 112 cm³/mol. The lowest BCUT2D eigenvalue weighted by atomic mass is 9.90. The fraction of sp³-hybridized carbons (Fsp3) is 0.391. The molecule has 4 heteroatoms. The lowest BCUT2D eigenvalue weighted by Gasteiger charge is -2.17. The van der Waals surface area contributed by atoms with Gasteiger partial charge in [0.25, 0.3) is 0 Å². The summed E-state index contributed by atoms with van der Waals surface area (Å²) in [5, 5.41) is 20.0. The Balaban J connectivity index is 1.89. The van der Waals surface area contributed by atoms with Crippen molar-refractivity contribution >= 4 is 11.0 Å². The molecule has 0 bridgehead atoms. The van der Waals surface area contributed by atoms with Crippen LogP contribution in [0.4, 0.5) is 0 Å². The molecule has 0 aliphatic rings. The van der Waals surface area contributed by atoms with Crippen molar-refractivity contribution in [3.63, 3.8) is 0 Å². The molecule has 27 heavy (non-hydrogen) atoms. The summed E-state index contributed by atoms with van der Waals surface area (Å²) in [6.07, 6.45) is 9.13. The number of fused-ring (bicyclic) bond motifs is 1. The van der Waals surface area contributed by atoms with Gasteiger partial charge in [-0.25, -0.2) is 0 Å². The molecule has 1 unspecified atom stereocenters. The molecule has 142 valence electrons. The van der Waals surface area contributed by atoms with Crippen molar-refractivity contribution in [3.05, 3.63) is 60.2 Å². The number of aromatic hydroxyl groups is 1. The third kappa shape index (κ3) is 4.38. The largest absolute Gasteiger partial charge is 0.505 e. The molecule has 2 aromatic carbocycles. The second-order valence-electron chi connectivity index (χ2n) is 7.25. The van der Waals surface area contributed by atoms with Gasteiger partial charge in [-0.1, -0.05) is 63.3 Å². The fourth-order valence-corrected chi connectivity index (χ4v) is 3.56. The van der Waals surface area contributed by atoms with E-state index in [-0.39, 0.29) is 11.7 Å². The molecule has 0 fully saturated rings. The molecule has 3 aromatic rings. The number of allylic oxidation sites excluding steroid dienone is 1. The normalized spacial score (nSPS) is 12.4. The third-order valence-corrected chi connectivity index (χ3v) is 5.07. The van der Waals surface area contributed by atoms with Crippen LogP contribution in [0.1, 0.15) is 62.5 Å². The van der Waals surface area contributed by atoms with E-state index >= 15 is 0 Å². The van der Waals surface area contributed by atoms with Crippen molar-refractivity contribution in [1.82, 2.24) is 15.0 Å². The Morgan fingerprint density at radius 1 is 1.07 bits per heavy atom. The van der Waals surface area contributed by atoms with E-state index in [1.807, 2.05) is 43.3 Å². The van der Waals surface area contributed by atoms with Crippen LogP contribution in [0, 0.1) is 6.92 Å². The highest BCUT2D eigenvalue weighted by molar-refractivity contribution is 5.73. The molecule has 0 spiro atoms. The molecule has 1 aromatic heterocycles. The van der Waals surface area contributed by atoms with E-state index in [9.17, 15) is 5.11 Å². The van der Waals surface area contributed by atoms with Gasteiger partial charge < -0.3 is 5.11 Å². The molecule has 1 N–H and O–H groups in total. The highest BCUT2D eigenvalue weighted by Crippen LogP contribution is 2.36. The number of benzene rings is 2. The summed E-state index contributed by atoms with van der Waals surface area (Å²) in [6, 6.07) is 11.7. The van der Waals surface area contributed by atoms with Crippen molar-refractivity contribution in [3.8, 4) is 11.4 Å². The first-order valence-corrected chi connectivity index (χ1v) is 9.92. The zero-order chi connectivity index (χ0) is 19.2. The van der Waals surface area contributed by atoms with Crippen molar-refractivity contribution in [2.45, 2.75) is 58.3 Å². The Bertz CT molecular complexity index is 880. The van der Waals surface area contributed by atoms with Crippen LogP contribution in [0.2, 0.25) is 0 Å². The Labute approximate surface area is 161 Å². The van der Waals surface area contributed by atoms with Gasteiger partial charge in [-0.15, -0.1) is 21.6 Å². The maximum absolute atomic E-state index is 11.0. The zero-order valence-electron chi connectivity index (χ0n) is 16.4. The van der Waals surface area contributed by atoms with Gasteiger partial charge in [0.05, 0.1) is 0 Å². The quantitative estimate of drug-likeness (QED) is 0.371. The van der Waals surface area contributed by atoms with Crippen LogP contribution in [0.25, 0.3) is 16.7 Å². The van der Waals surface area contributed by atoms with Gasteiger partial charge >= 0.3 is 0 Å². The Hall–Kier alpha value is -2.62. The third-order valence-electron chi connectivity index (χ3n) is 5.07. The highest BCUT2D eigenvalue weighted by Gasteiger charge is 2.18. The van der Waals surface area contributed by atoms with Crippen molar-refractivity contribution in [1.29, 1.82) is 0 Å². The van der Waals surface area contributed by atoms with Crippen LogP contribution in [0.3, 0.4) is 0 Å². The van der Waals surface area contributed by atoms with Crippen LogP contribution >= 0.6 is 0 Å². The number of aryl methyl sites for hydroxylation is 1. The molecular formula is C23H29N3O. The summed E-state index contributed by atoms with van der Waals surface area (Å²) in [7, 11) is 0. The van der Waals surface area contributed by atoms with Gasteiger partial charge in [0, 0.05) is 11.5 Å². The number of hydrogen-bond donors (Lipinski definition) is 1. The van der Waals surface area contributed by atoms with Gasteiger partial charge in [-0.3, -0.25) is 0 Å². The molecule has 0 radical (unpaired) electrons. The van der Waals surface area contributed by atoms with Crippen LogP contribution in [0.15, 0.2) is 49.1 Å². The minimum atomic E-state index is 0.134. The Morgan fingerprint density at radius 3 is 2.37 bits per heavy atom. The lowest BCUT2D eigenvalue weighted by molar-refractivity contribution is 0.454. The maximum Gasteiger partial charge on any atom is 0.146 e. The molecule has 0 amide bonds. The van der Waals surface area contributed by atoms with Gasteiger partial charge in [0.1, 0.15) is 22.5 Å². The smallest absolute Gasteiger partial charge is 0.146 e. The first-order chi connectivity index (χ1) is 13.1. The summed E-state index contributed by atoms with van der Waals surface area (Å²) in [5.41, 5.74) is 4.25. The van der Waals surface area contributed by atoms with Gasteiger partial charge in [0.15, 0.2) is 0 Å². The SMILES string of the molecule is C=CC(CCCCCCC)c1cc(C)cc(-n2nc3ccccc3n2)c1O. The van der Waals surface area contributed by atoms with Gasteiger partial charge in [-0.2, -0.15) is 0 Å². The zero-order valence-corrected chi connectivity index (χ0v) is 16.4. The topological polar surface area (TPSA) is 50.9 Å². The summed E-state index contributed by atoms with van der Waals surface area (Å²) in [6.45, 7) is 8.28. The first kappa shape index (κ1) is 19.2. The molecule has 3 rings (SSSR count). The molecule has 1 heterocycles. The standard InChI is InChI=1S/C23H29N3O/c1-4-6-7-8-9-12-18(5-2)19-15-17(3)16-22(23(19)27)26-24-20-13-10-11-14-21(20)25-26/h5,10-11,13-16,18,27H,2,4,6-9,12H2,1,3H3. The summed E-state index contributed by atoms with van der Waals surface area (Å²) < 4.78 is 0. The number of phenolic OH excluding ortho intramolecular Hbond substituents is 1. The minimum Gasteiger partial charge on any atom is -0.505 e. The van der Waals surface area contributed by atoms with Crippen LogP contribution in [-0.4, -0.2) is 20.1 Å². The number of nitrogens with zero attached hydrogens (tertiary/aromatic N) is 3. The summed E-state index contributed by atoms with van der Waals surface area (Å²) in [4.78, 5) is 1.54. The number of phenols is 1.